The molecule has 0 spiro atoms. The van der Waals surface area contributed by atoms with Crippen LogP contribution in [0, 0.1) is 0 Å². The highest BCUT2D eigenvalue weighted by molar-refractivity contribution is 7.89. The van der Waals surface area contributed by atoms with Crippen molar-refractivity contribution in [2.75, 3.05) is 0 Å². The maximum absolute atomic E-state index is 12.6. The molecule has 0 saturated heterocycles. The second-order valence-corrected chi connectivity index (χ2v) is 8.50. The van der Waals surface area contributed by atoms with E-state index < -0.39 is 15.6 Å². The molecule has 24 heavy (non-hydrogen) atoms. The fraction of sp³-hybridized carbons (Fsp3) is 0.389. The Kier molecular flexibility index (Phi) is 5.74. The van der Waals surface area contributed by atoms with E-state index in [0.717, 1.165) is 11.1 Å². The first-order valence-corrected chi connectivity index (χ1v) is 9.42. The van der Waals surface area contributed by atoms with Crippen molar-refractivity contribution in [3.8, 4) is 0 Å². The van der Waals surface area contributed by atoms with Gasteiger partial charge in [0.1, 0.15) is 0 Å². The molecule has 0 radical (unpaired) electrons. The number of nitrogens with one attached hydrogen (secondary N) is 2. The Hall–Kier alpha value is -1.76. The average molecular weight is 347 g/mol. The molecule has 0 aliphatic heterocycles. The van der Waals surface area contributed by atoms with Gasteiger partial charge in [-0.1, -0.05) is 24.3 Å². The molecule has 1 aromatic carbocycles. The van der Waals surface area contributed by atoms with Crippen LogP contribution in [0.1, 0.15) is 44.9 Å². The molecule has 0 unspecified atom stereocenters. The zero-order chi connectivity index (χ0) is 17.8. The van der Waals surface area contributed by atoms with Crippen LogP contribution >= 0.6 is 0 Å². The van der Waals surface area contributed by atoms with Crippen molar-refractivity contribution in [2.24, 2.45) is 0 Å². The molecule has 6 heteroatoms. The van der Waals surface area contributed by atoms with Gasteiger partial charge in [-0.2, -0.15) is 0 Å². The summed E-state index contributed by atoms with van der Waals surface area (Å²) in [6.07, 6.45) is 3.54. The molecule has 2 N–H and O–H groups in total. The zero-order valence-corrected chi connectivity index (χ0v) is 15.4. The lowest BCUT2D eigenvalue weighted by Crippen LogP contribution is -2.41. The lowest BCUT2D eigenvalue weighted by molar-refractivity contribution is 0.490. The number of aromatic nitrogens is 1. The van der Waals surface area contributed by atoms with Crippen LogP contribution in [0.25, 0.3) is 0 Å². The zero-order valence-electron chi connectivity index (χ0n) is 14.6. The van der Waals surface area contributed by atoms with Crippen molar-refractivity contribution < 1.29 is 8.42 Å². The number of nitrogens with zero attached hydrogens (tertiary/aromatic N) is 1. The van der Waals surface area contributed by atoms with Crippen LogP contribution in [-0.4, -0.2) is 18.9 Å². The van der Waals surface area contributed by atoms with Crippen molar-refractivity contribution in [1.82, 2.24) is 15.0 Å². The highest BCUT2D eigenvalue weighted by atomic mass is 32.2. The Bertz CT molecular complexity index is 768. The monoisotopic (exact) mass is 347 g/mol. The predicted octanol–water partition coefficient (Wildman–Crippen LogP) is 3.01. The molecular formula is C18H25N3O2S. The average Bonchev–Trinajstić information content (AvgIpc) is 2.51. The normalized spacial score (nSPS) is 13.7. The maximum atomic E-state index is 12.6. The van der Waals surface area contributed by atoms with Crippen molar-refractivity contribution in [1.29, 1.82) is 0 Å². The fourth-order valence-electron chi connectivity index (χ4n) is 2.38. The Labute approximate surface area is 144 Å². The molecule has 2 rings (SSSR count). The second kappa shape index (κ2) is 7.42. The van der Waals surface area contributed by atoms with Crippen LogP contribution in [0.4, 0.5) is 0 Å². The van der Waals surface area contributed by atoms with Crippen LogP contribution in [0.2, 0.25) is 0 Å². The number of hydrogen-bond donors (Lipinski definition) is 2. The first-order valence-electron chi connectivity index (χ1n) is 7.94. The summed E-state index contributed by atoms with van der Waals surface area (Å²) < 4.78 is 28.0. The van der Waals surface area contributed by atoms with Gasteiger partial charge in [-0.25, -0.2) is 13.1 Å². The van der Waals surface area contributed by atoms with Crippen molar-refractivity contribution in [3.05, 3.63) is 59.9 Å². The number of hydrogen-bond acceptors (Lipinski definition) is 4. The van der Waals surface area contributed by atoms with Gasteiger partial charge in [0.2, 0.25) is 10.0 Å². The number of benzene rings is 1. The predicted molar refractivity (Wildman–Crippen MR) is 96.0 cm³/mol. The summed E-state index contributed by atoms with van der Waals surface area (Å²) in [6, 6.07) is 11.0. The SMILES string of the molecule is C[C@@H](NCc1ccccc1S(=O)(=O)NC(C)(C)C)c1cccnc1. The van der Waals surface area contributed by atoms with Gasteiger partial charge in [-0.05, 0) is 51.0 Å². The minimum absolute atomic E-state index is 0.0741. The molecule has 0 fully saturated rings. The molecule has 130 valence electrons. The van der Waals surface area contributed by atoms with E-state index in [-0.39, 0.29) is 6.04 Å². The van der Waals surface area contributed by atoms with Crippen molar-refractivity contribution >= 4 is 10.0 Å². The summed E-state index contributed by atoms with van der Waals surface area (Å²) in [6.45, 7) is 7.97. The molecule has 1 aromatic heterocycles. The summed E-state index contributed by atoms with van der Waals surface area (Å²) in [7, 11) is -3.56. The Balaban J connectivity index is 2.18. The standard InChI is InChI=1S/C18H25N3O2S/c1-14(15-9-7-11-19-12-15)20-13-16-8-5-6-10-17(16)24(22,23)21-18(2,3)4/h5-12,14,20-21H,13H2,1-4H3/t14-/m1/s1. The van der Waals surface area contributed by atoms with E-state index in [1.807, 2.05) is 58.2 Å². The van der Waals surface area contributed by atoms with Gasteiger partial charge in [-0.15, -0.1) is 0 Å². The second-order valence-electron chi connectivity index (χ2n) is 6.85. The van der Waals surface area contributed by atoms with Gasteiger partial charge in [-0.3, -0.25) is 4.98 Å². The minimum atomic E-state index is -3.56. The molecule has 1 atom stereocenters. The molecule has 0 bridgehead atoms. The summed E-state index contributed by atoms with van der Waals surface area (Å²) in [5, 5.41) is 3.36. The topological polar surface area (TPSA) is 71.1 Å². The smallest absolute Gasteiger partial charge is 0.241 e. The maximum Gasteiger partial charge on any atom is 0.241 e. The third-order valence-corrected chi connectivity index (χ3v) is 5.34. The first-order chi connectivity index (χ1) is 11.2. The minimum Gasteiger partial charge on any atom is -0.306 e. The molecule has 0 aliphatic carbocycles. The van der Waals surface area contributed by atoms with Crippen LogP contribution in [0.5, 0.6) is 0 Å². The van der Waals surface area contributed by atoms with Gasteiger partial charge >= 0.3 is 0 Å². The van der Waals surface area contributed by atoms with E-state index in [0.29, 0.717) is 11.4 Å². The third kappa shape index (κ3) is 5.12. The molecule has 0 saturated carbocycles. The number of rotatable bonds is 6. The summed E-state index contributed by atoms with van der Waals surface area (Å²) in [5.74, 6) is 0. The quantitative estimate of drug-likeness (QED) is 0.843. The summed E-state index contributed by atoms with van der Waals surface area (Å²) >= 11 is 0. The third-order valence-electron chi connectivity index (χ3n) is 3.49. The summed E-state index contributed by atoms with van der Waals surface area (Å²) in [5.41, 5.74) is 1.28. The molecular weight excluding hydrogens is 322 g/mol. The van der Waals surface area contributed by atoms with Crippen LogP contribution in [-0.2, 0) is 16.6 Å². The van der Waals surface area contributed by atoms with E-state index in [1.54, 1.807) is 18.3 Å². The van der Waals surface area contributed by atoms with E-state index in [9.17, 15) is 8.42 Å². The Morgan fingerprint density at radius 2 is 1.83 bits per heavy atom. The summed E-state index contributed by atoms with van der Waals surface area (Å²) in [4.78, 5) is 4.42. The highest BCUT2D eigenvalue weighted by Crippen LogP contribution is 2.19. The molecule has 1 heterocycles. The number of pyridine rings is 1. The number of sulfonamides is 1. The largest absolute Gasteiger partial charge is 0.306 e. The van der Waals surface area contributed by atoms with Gasteiger partial charge in [0.25, 0.3) is 0 Å². The van der Waals surface area contributed by atoms with Crippen LogP contribution in [0.15, 0.2) is 53.7 Å². The highest BCUT2D eigenvalue weighted by Gasteiger charge is 2.24. The van der Waals surface area contributed by atoms with Crippen LogP contribution < -0.4 is 10.0 Å². The molecule has 2 aromatic rings. The lowest BCUT2D eigenvalue weighted by atomic mass is 10.1. The fourth-order valence-corrected chi connectivity index (χ4v) is 4.04. The van der Waals surface area contributed by atoms with E-state index in [2.05, 4.69) is 15.0 Å². The van der Waals surface area contributed by atoms with Crippen molar-refractivity contribution in [3.63, 3.8) is 0 Å². The van der Waals surface area contributed by atoms with E-state index in [4.69, 9.17) is 0 Å². The van der Waals surface area contributed by atoms with Gasteiger partial charge in [0, 0.05) is 30.5 Å². The van der Waals surface area contributed by atoms with Gasteiger partial charge in [0.15, 0.2) is 0 Å². The Morgan fingerprint density at radius 1 is 1.12 bits per heavy atom. The first kappa shape index (κ1) is 18.6. The van der Waals surface area contributed by atoms with Crippen LogP contribution in [0.3, 0.4) is 0 Å². The lowest BCUT2D eigenvalue weighted by Gasteiger charge is -2.22. The van der Waals surface area contributed by atoms with E-state index in [1.165, 1.54) is 0 Å². The van der Waals surface area contributed by atoms with Crippen molar-refractivity contribution in [2.45, 2.75) is 50.7 Å². The van der Waals surface area contributed by atoms with Gasteiger partial charge < -0.3 is 5.32 Å². The van der Waals surface area contributed by atoms with E-state index >= 15 is 0 Å². The molecule has 0 aliphatic rings. The Morgan fingerprint density at radius 3 is 2.46 bits per heavy atom. The molecule has 0 amide bonds. The van der Waals surface area contributed by atoms with Gasteiger partial charge in [0.05, 0.1) is 4.90 Å². The molecule has 5 nitrogen and oxygen atoms in total.